The fourth-order valence-electron chi connectivity index (χ4n) is 3.90. The minimum absolute atomic E-state index is 0.0381. The van der Waals surface area contributed by atoms with Gasteiger partial charge >= 0.3 is 0 Å². The summed E-state index contributed by atoms with van der Waals surface area (Å²) in [5, 5.41) is 11.2. The van der Waals surface area contributed by atoms with Crippen LogP contribution in [-0.2, 0) is 9.59 Å². The van der Waals surface area contributed by atoms with Crippen LogP contribution in [0.1, 0.15) is 36.6 Å². The number of benzene rings is 3. The molecule has 3 aromatic rings. The fraction of sp³-hybridized carbons (Fsp3) is 0.185. The van der Waals surface area contributed by atoms with Crippen LogP contribution >= 0.6 is 0 Å². The van der Waals surface area contributed by atoms with Crippen LogP contribution in [-0.4, -0.2) is 22.9 Å². The lowest BCUT2D eigenvalue weighted by Crippen LogP contribution is -2.29. The number of nitrogens with zero attached hydrogens (tertiary/aromatic N) is 1. The van der Waals surface area contributed by atoms with E-state index in [-0.39, 0.29) is 17.4 Å². The van der Waals surface area contributed by atoms with Crippen LogP contribution in [0.5, 0.6) is 5.75 Å². The first-order chi connectivity index (χ1) is 15.4. The number of carbonyl (C=O) groups is 2. The van der Waals surface area contributed by atoms with Crippen LogP contribution in [0.2, 0.25) is 0 Å². The Bertz CT molecular complexity index is 1180. The molecule has 0 bridgehead atoms. The Morgan fingerprint density at radius 1 is 0.938 bits per heavy atom. The van der Waals surface area contributed by atoms with Gasteiger partial charge in [-0.15, -0.1) is 0 Å². The van der Waals surface area contributed by atoms with Gasteiger partial charge in [-0.2, -0.15) is 0 Å². The molecule has 3 aromatic carbocycles. The average Bonchev–Trinajstić information content (AvgIpc) is 3.05. The van der Waals surface area contributed by atoms with Crippen molar-refractivity contribution in [2.45, 2.75) is 32.9 Å². The van der Waals surface area contributed by atoms with Crippen molar-refractivity contribution < 1.29 is 19.4 Å². The van der Waals surface area contributed by atoms with E-state index in [4.69, 9.17) is 4.74 Å². The number of aryl methyl sites for hydroxylation is 1. The normalized spacial score (nSPS) is 17.8. The Labute approximate surface area is 187 Å². The zero-order valence-corrected chi connectivity index (χ0v) is 18.3. The van der Waals surface area contributed by atoms with Gasteiger partial charge in [-0.3, -0.25) is 14.5 Å². The van der Waals surface area contributed by atoms with Crippen LogP contribution in [0, 0.1) is 6.92 Å². The zero-order chi connectivity index (χ0) is 22.8. The van der Waals surface area contributed by atoms with E-state index in [1.807, 2.05) is 75.4 Å². The van der Waals surface area contributed by atoms with E-state index in [1.165, 1.54) is 4.90 Å². The van der Waals surface area contributed by atoms with E-state index < -0.39 is 17.7 Å². The van der Waals surface area contributed by atoms with E-state index in [0.717, 1.165) is 11.1 Å². The fourth-order valence-corrected chi connectivity index (χ4v) is 3.90. The molecule has 1 unspecified atom stereocenters. The molecule has 1 atom stereocenters. The van der Waals surface area contributed by atoms with Crippen molar-refractivity contribution in [2.24, 2.45) is 0 Å². The maximum absolute atomic E-state index is 13.2. The molecule has 1 amide bonds. The van der Waals surface area contributed by atoms with Crippen LogP contribution in [0.15, 0.2) is 84.4 Å². The Balaban J connectivity index is 1.89. The SMILES string of the molecule is Cc1ccc(N2C(=O)C(=O)/C(=C(\O)c3cccc(OC(C)C)c3)C2c2ccccc2)cc1. The molecule has 4 rings (SSSR count). The molecule has 0 radical (unpaired) electrons. The van der Waals surface area contributed by atoms with Gasteiger partial charge in [0.1, 0.15) is 11.5 Å². The van der Waals surface area contributed by atoms with Crippen molar-refractivity contribution in [1.29, 1.82) is 0 Å². The van der Waals surface area contributed by atoms with Crippen LogP contribution in [0.4, 0.5) is 5.69 Å². The highest BCUT2D eigenvalue weighted by molar-refractivity contribution is 6.51. The van der Waals surface area contributed by atoms with Gasteiger partial charge in [-0.1, -0.05) is 60.2 Å². The molecule has 5 heteroatoms. The molecule has 0 aromatic heterocycles. The summed E-state index contributed by atoms with van der Waals surface area (Å²) >= 11 is 0. The van der Waals surface area contributed by atoms with Gasteiger partial charge in [0, 0.05) is 11.3 Å². The lowest BCUT2D eigenvalue weighted by atomic mass is 9.95. The Morgan fingerprint density at radius 2 is 1.62 bits per heavy atom. The average molecular weight is 428 g/mol. The van der Waals surface area contributed by atoms with Gasteiger partial charge in [0.25, 0.3) is 11.7 Å². The molecule has 1 aliphatic rings. The summed E-state index contributed by atoms with van der Waals surface area (Å²) in [6.07, 6.45) is -0.0381. The molecule has 1 aliphatic heterocycles. The second kappa shape index (κ2) is 8.71. The van der Waals surface area contributed by atoms with Crippen LogP contribution < -0.4 is 9.64 Å². The van der Waals surface area contributed by atoms with Crippen LogP contribution in [0.3, 0.4) is 0 Å². The third-order valence-corrected chi connectivity index (χ3v) is 5.35. The molecule has 1 N–H and O–H groups in total. The van der Waals surface area contributed by atoms with Crippen molar-refractivity contribution >= 4 is 23.1 Å². The Morgan fingerprint density at radius 3 is 2.28 bits per heavy atom. The standard InChI is InChI=1S/C27H25NO4/c1-17(2)32-22-11-7-10-20(16-22)25(29)23-24(19-8-5-4-6-9-19)28(27(31)26(23)30)21-14-12-18(3)13-15-21/h4-17,24,29H,1-3H3/b25-23-. The smallest absolute Gasteiger partial charge is 0.300 e. The summed E-state index contributed by atoms with van der Waals surface area (Å²) in [6, 6.07) is 22.9. The predicted octanol–water partition coefficient (Wildman–Crippen LogP) is 5.41. The molecule has 0 aliphatic carbocycles. The summed E-state index contributed by atoms with van der Waals surface area (Å²) in [6.45, 7) is 5.78. The number of aliphatic hydroxyl groups is 1. The molecule has 5 nitrogen and oxygen atoms in total. The van der Waals surface area contributed by atoms with Gasteiger partial charge in [0.2, 0.25) is 0 Å². The first-order valence-corrected chi connectivity index (χ1v) is 10.6. The van der Waals surface area contributed by atoms with Gasteiger partial charge < -0.3 is 9.84 Å². The van der Waals surface area contributed by atoms with E-state index in [2.05, 4.69) is 0 Å². The second-order valence-corrected chi connectivity index (χ2v) is 8.11. The molecule has 1 fully saturated rings. The lowest BCUT2D eigenvalue weighted by Gasteiger charge is -2.25. The number of ether oxygens (including phenoxy) is 1. The minimum atomic E-state index is -0.742. The van der Waals surface area contributed by atoms with Gasteiger partial charge in [0.15, 0.2) is 0 Å². The highest BCUT2D eigenvalue weighted by atomic mass is 16.5. The van der Waals surface area contributed by atoms with Gasteiger partial charge in [-0.05, 0) is 50.6 Å². The third kappa shape index (κ3) is 4.02. The number of Topliss-reactive ketones (excluding diaryl/α,β-unsaturated/α-hetero) is 1. The summed E-state index contributed by atoms with van der Waals surface area (Å²) in [7, 11) is 0. The molecule has 162 valence electrons. The van der Waals surface area contributed by atoms with Crippen molar-refractivity contribution in [3.8, 4) is 5.75 Å². The number of rotatable bonds is 5. The molecular formula is C27H25NO4. The van der Waals surface area contributed by atoms with E-state index in [1.54, 1.807) is 24.3 Å². The lowest BCUT2D eigenvalue weighted by molar-refractivity contribution is -0.132. The maximum Gasteiger partial charge on any atom is 0.300 e. The topological polar surface area (TPSA) is 66.8 Å². The Kier molecular flexibility index (Phi) is 5.82. The Hall–Kier alpha value is -3.86. The number of hydrogen-bond acceptors (Lipinski definition) is 4. The number of hydrogen-bond donors (Lipinski definition) is 1. The van der Waals surface area contributed by atoms with E-state index in [9.17, 15) is 14.7 Å². The van der Waals surface area contributed by atoms with Gasteiger partial charge in [-0.25, -0.2) is 0 Å². The summed E-state index contributed by atoms with van der Waals surface area (Å²) < 4.78 is 5.73. The molecule has 0 spiro atoms. The van der Waals surface area contributed by atoms with E-state index >= 15 is 0 Å². The molecule has 1 heterocycles. The number of amides is 1. The predicted molar refractivity (Wildman–Crippen MR) is 125 cm³/mol. The second-order valence-electron chi connectivity index (χ2n) is 8.11. The zero-order valence-electron chi connectivity index (χ0n) is 18.3. The van der Waals surface area contributed by atoms with Crippen molar-refractivity contribution in [1.82, 2.24) is 0 Å². The number of aliphatic hydroxyl groups excluding tert-OH is 1. The molecule has 32 heavy (non-hydrogen) atoms. The summed E-state index contributed by atoms with van der Waals surface area (Å²) in [4.78, 5) is 27.8. The largest absolute Gasteiger partial charge is 0.507 e. The first-order valence-electron chi connectivity index (χ1n) is 10.6. The number of carbonyl (C=O) groups excluding carboxylic acids is 2. The summed E-state index contributed by atoms with van der Waals surface area (Å²) in [5.74, 6) is -1.03. The molecule has 0 saturated carbocycles. The van der Waals surface area contributed by atoms with Crippen LogP contribution in [0.25, 0.3) is 5.76 Å². The molecule has 1 saturated heterocycles. The highest BCUT2D eigenvalue weighted by Gasteiger charge is 2.46. The van der Waals surface area contributed by atoms with Gasteiger partial charge in [0.05, 0.1) is 17.7 Å². The quantitative estimate of drug-likeness (QED) is 0.336. The van der Waals surface area contributed by atoms with Crippen molar-refractivity contribution in [2.75, 3.05) is 4.90 Å². The maximum atomic E-state index is 13.2. The monoisotopic (exact) mass is 427 g/mol. The first kappa shape index (κ1) is 21.4. The third-order valence-electron chi connectivity index (χ3n) is 5.35. The van der Waals surface area contributed by atoms with Crippen molar-refractivity contribution in [3.63, 3.8) is 0 Å². The summed E-state index contributed by atoms with van der Waals surface area (Å²) in [5.41, 5.74) is 2.86. The number of anilines is 1. The van der Waals surface area contributed by atoms with E-state index in [0.29, 0.717) is 17.0 Å². The molecular weight excluding hydrogens is 402 g/mol. The highest BCUT2D eigenvalue weighted by Crippen LogP contribution is 2.42. The minimum Gasteiger partial charge on any atom is -0.507 e. The van der Waals surface area contributed by atoms with Crippen molar-refractivity contribution in [3.05, 3.63) is 101 Å². The number of ketones is 1.